The molecule has 0 nitrogen and oxygen atoms in total. The summed E-state index contributed by atoms with van der Waals surface area (Å²) < 4.78 is 0. The molecule has 0 heteroatoms. The van der Waals surface area contributed by atoms with E-state index in [-0.39, 0.29) is 0 Å². The van der Waals surface area contributed by atoms with Gasteiger partial charge in [0.25, 0.3) is 0 Å². The summed E-state index contributed by atoms with van der Waals surface area (Å²) in [5.41, 5.74) is 0. The zero-order chi connectivity index (χ0) is 14.6. The van der Waals surface area contributed by atoms with Gasteiger partial charge in [-0.3, -0.25) is 0 Å². The summed E-state index contributed by atoms with van der Waals surface area (Å²) in [6, 6.07) is 0. The molecule has 0 aromatic rings. The Labute approximate surface area is 119 Å². The van der Waals surface area contributed by atoms with Crippen molar-refractivity contribution in [3.8, 4) is 0 Å². The van der Waals surface area contributed by atoms with Crippen molar-refractivity contribution in [3.63, 3.8) is 0 Å². The Balaban J connectivity index is -0.000000389. The van der Waals surface area contributed by atoms with Crippen LogP contribution in [0.4, 0.5) is 0 Å². The van der Waals surface area contributed by atoms with Crippen LogP contribution >= 0.6 is 0 Å². The third-order valence-electron chi connectivity index (χ3n) is 3.01. The fourth-order valence-electron chi connectivity index (χ4n) is 1.91. The zero-order valence-electron chi connectivity index (χ0n) is 14.6. The lowest BCUT2D eigenvalue weighted by molar-refractivity contribution is 0.401. The molecule has 0 aliphatic carbocycles. The summed E-state index contributed by atoms with van der Waals surface area (Å²) in [5, 5.41) is 0. The SMILES string of the molecule is CC.CCC.CCCCCCC(CC)CCCC. The molecule has 0 amide bonds. The van der Waals surface area contributed by atoms with Gasteiger partial charge < -0.3 is 0 Å². The smallest absolute Gasteiger partial charge is 0.0417 e. The van der Waals surface area contributed by atoms with E-state index in [0.29, 0.717) is 0 Å². The molecule has 0 aromatic carbocycles. The first kappa shape index (κ1) is 23.1. The molecule has 0 aliphatic heterocycles. The predicted molar refractivity (Wildman–Crippen MR) is 89.4 cm³/mol. The lowest BCUT2D eigenvalue weighted by atomic mass is 9.93. The van der Waals surface area contributed by atoms with Gasteiger partial charge in [-0.1, -0.05) is 113 Å². The predicted octanol–water partition coefficient (Wildman–Crippen LogP) is 7.62. The van der Waals surface area contributed by atoms with Crippen molar-refractivity contribution >= 4 is 0 Å². The van der Waals surface area contributed by atoms with E-state index in [0.717, 1.165) is 5.92 Å². The quantitative estimate of drug-likeness (QED) is 0.373. The highest BCUT2D eigenvalue weighted by atomic mass is 14.1. The van der Waals surface area contributed by atoms with Gasteiger partial charge in [0.05, 0.1) is 0 Å². The minimum Gasteiger partial charge on any atom is -0.0683 e. The number of unbranched alkanes of at least 4 members (excludes halogenated alkanes) is 4. The first-order chi connectivity index (χ1) is 8.76. The Kier molecular flexibility index (Phi) is 33.1. The topological polar surface area (TPSA) is 0 Å². The Morgan fingerprint density at radius 3 is 1.44 bits per heavy atom. The Morgan fingerprint density at radius 2 is 1.06 bits per heavy atom. The van der Waals surface area contributed by atoms with Gasteiger partial charge in [0, 0.05) is 0 Å². The lowest BCUT2D eigenvalue weighted by Crippen LogP contribution is -1.98. The molecule has 0 aliphatic rings. The maximum atomic E-state index is 2.35. The normalized spacial score (nSPS) is 10.8. The first-order valence-corrected chi connectivity index (χ1v) is 8.76. The molecule has 18 heavy (non-hydrogen) atoms. The molecule has 0 bridgehead atoms. The van der Waals surface area contributed by atoms with E-state index in [1.807, 2.05) is 13.8 Å². The number of rotatable bonds is 9. The van der Waals surface area contributed by atoms with Gasteiger partial charge in [0.15, 0.2) is 0 Å². The standard InChI is InChI=1S/C13H28.C3H8.C2H6/c1-4-7-9-10-12-13(6-3)11-8-5-2;1-3-2;1-2/h13H,4-12H2,1-3H3;3H2,1-2H3;1-2H3. The molecule has 0 heterocycles. The van der Waals surface area contributed by atoms with Gasteiger partial charge in [0.1, 0.15) is 0 Å². The molecule has 114 valence electrons. The fraction of sp³-hybridized carbons (Fsp3) is 1.00. The molecule has 0 fully saturated rings. The molecule has 0 saturated carbocycles. The van der Waals surface area contributed by atoms with Crippen LogP contribution in [-0.2, 0) is 0 Å². The monoisotopic (exact) mass is 258 g/mol. The minimum absolute atomic E-state index is 1.02. The molecule has 0 radical (unpaired) electrons. The van der Waals surface area contributed by atoms with Gasteiger partial charge in [-0.15, -0.1) is 0 Å². The van der Waals surface area contributed by atoms with Crippen molar-refractivity contribution in [2.24, 2.45) is 5.92 Å². The number of hydrogen-bond acceptors (Lipinski definition) is 0. The average molecular weight is 259 g/mol. The largest absolute Gasteiger partial charge is 0.0683 e. The second kappa shape index (κ2) is 25.8. The minimum atomic E-state index is 1.02. The van der Waals surface area contributed by atoms with Crippen LogP contribution in [0.25, 0.3) is 0 Å². The third-order valence-corrected chi connectivity index (χ3v) is 3.01. The van der Waals surface area contributed by atoms with E-state index >= 15 is 0 Å². The van der Waals surface area contributed by atoms with Gasteiger partial charge >= 0.3 is 0 Å². The van der Waals surface area contributed by atoms with Crippen molar-refractivity contribution in [2.75, 3.05) is 0 Å². The fourth-order valence-corrected chi connectivity index (χ4v) is 1.91. The first-order valence-electron chi connectivity index (χ1n) is 8.76. The van der Waals surface area contributed by atoms with Gasteiger partial charge in [-0.25, -0.2) is 0 Å². The molecule has 0 spiro atoms. The van der Waals surface area contributed by atoms with E-state index < -0.39 is 0 Å². The average Bonchev–Trinajstić information content (AvgIpc) is 2.41. The van der Waals surface area contributed by atoms with Crippen LogP contribution in [0.1, 0.15) is 113 Å². The summed E-state index contributed by atoms with van der Waals surface area (Å²) in [4.78, 5) is 0. The van der Waals surface area contributed by atoms with Crippen molar-refractivity contribution < 1.29 is 0 Å². The van der Waals surface area contributed by atoms with Crippen LogP contribution in [0.5, 0.6) is 0 Å². The van der Waals surface area contributed by atoms with E-state index in [4.69, 9.17) is 0 Å². The highest BCUT2D eigenvalue weighted by Crippen LogP contribution is 2.19. The molecular formula is C18H42. The maximum Gasteiger partial charge on any atom is -0.0417 e. The van der Waals surface area contributed by atoms with Crippen LogP contribution in [0.3, 0.4) is 0 Å². The van der Waals surface area contributed by atoms with Crippen molar-refractivity contribution in [1.29, 1.82) is 0 Å². The highest BCUT2D eigenvalue weighted by Gasteiger charge is 2.04. The van der Waals surface area contributed by atoms with Gasteiger partial charge in [0.2, 0.25) is 0 Å². The maximum absolute atomic E-state index is 2.35. The van der Waals surface area contributed by atoms with Crippen LogP contribution in [0, 0.1) is 5.92 Å². The van der Waals surface area contributed by atoms with E-state index in [9.17, 15) is 0 Å². The van der Waals surface area contributed by atoms with Crippen molar-refractivity contribution in [1.82, 2.24) is 0 Å². The molecule has 1 atom stereocenters. The lowest BCUT2D eigenvalue weighted by Gasteiger charge is -2.13. The van der Waals surface area contributed by atoms with Crippen molar-refractivity contribution in [3.05, 3.63) is 0 Å². The van der Waals surface area contributed by atoms with Gasteiger partial charge in [-0.2, -0.15) is 0 Å². The molecule has 0 N–H and O–H groups in total. The molecule has 0 aromatic heterocycles. The van der Waals surface area contributed by atoms with Crippen LogP contribution in [-0.4, -0.2) is 0 Å². The second-order valence-electron chi connectivity index (χ2n) is 4.97. The summed E-state index contributed by atoms with van der Waals surface area (Å²) in [5.74, 6) is 1.02. The molecular weight excluding hydrogens is 216 g/mol. The van der Waals surface area contributed by atoms with Crippen LogP contribution < -0.4 is 0 Å². The van der Waals surface area contributed by atoms with E-state index in [1.165, 1.54) is 64.2 Å². The van der Waals surface area contributed by atoms with Crippen LogP contribution in [0.15, 0.2) is 0 Å². The number of hydrogen-bond donors (Lipinski definition) is 0. The molecule has 0 saturated heterocycles. The third kappa shape index (κ3) is 25.0. The molecule has 0 rings (SSSR count). The zero-order valence-corrected chi connectivity index (χ0v) is 14.6. The molecule has 1 unspecified atom stereocenters. The van der Waals surface area contributed by atoms with Gasteiger partial charge in [-0.05, 0) is 5.92 Å². The van der Waals surface area contributed by atoms with E-state index in [1.54, 1.807) is 0 Å². The summed E-state index contributed by atoms with van der Waals surface area (Å²) in [6.07, 6.45) is 14.1. The van der Waals surface area contributed by atoms with E-state index in [2.05, 4.69) is 34.6 Å². The second-order valence-corrected chi connectivity index (χ2v) is 4.97. The summed E-state index contributed by atoms with van der Waals surface area (Å²) in [7, 11) is 0. The summed E-state index contributed by atoms with van der Waals surface area (Å²) in [6.45, 7) is 15.2. The van der Waals surface area contributed by atoms with Crippen LogP contribution in [0.2, 0.25) is 0 Å². The Hall–Kier alpha value is 0. The Bertz CT molecular complexity index is 96.2. The Morgan fingerprint density at radius 1 is 0.611 bits per heavy atom. The summed E-state index contributed by atoms with van der Waals surface area (Å²) >= 11 is 0. The highest BCUT2D eigenvalue weighted by molar-refractivity contribution is 4.57. The van der Waals surface area contributed by atoms with Crippen molar-refractivity contribution in [2.45, 2.75) is 113 Å².